The molecule has 3 rings (SSSR count). The molecule has 0 saturated heterocycles. The molecule has 3 aromatic rings. The van der Waals surface area contributed by atoms with Crippen molar-refractivity contribution in [1.29, 1.82) is 0 Å². The summed E-state index contributed by atoms with van der Waals surface area (Å²) >= 11 is 1.36. The number of H-pyrrole nitrogens is 1. The highest BCUT2D eigenvalue weighted by Crippen LogP contribution is 2.15. The summed E-state index contributed by atoms with van der Waals surface area (Å²) in [5.74, 6) is 1.30. The lowest BCUT2D eigenvalue weighted by Crippen LogP contribution is -2.28. The van der Waals surface area contributed by atoms with Gasteiger partial charge in [-0.05, 0) is 42.5 Å². The number of hydrogen-bond donors (Lipinski definition) is 1. The van der Waals surface area contributed by atoms with E-state index in [0.29, 0.717) is 35.5 Å². The van der Waals surface area contributed by atoms with Gasteiger partial charge in [0.2, 0.25) is 5.91 Å². The molecule has 0 radical (unpaired) electrons. The van der Waals surface area contributed by atoms with Crippen LogP contribution in [0.3, 0.4) is 0 Å². The number of carbonyl (C=O) groups is 1. The van der Waals surface area contributed by atoms with E-state index in [9.17, 15) is 9.59 Å². The Kier molecular flexibility index (Phi) is 5.68. The molecule has 2 aromatic heterocycles. The van der Waals surface area contributed by atoms with Crippen molar-refractivity contribution in [2.45, 2.75) is 26.3 Å². The van der Waals surface area contributed by atoms with E-state index in [1.54, 1.807) is 11.9 Å². The number of aryl methyl sites for hydroxylation is 1. The Morgan fingerprint density at radius 2 is 2.19 bits per heavy atom. The molecule has 0 atom stereocenters. The van der Waals surface area contributed by atoms with E-state index >= 15 is 0 Å². The van der Waals surface area contributed by atoms with Gasteiger partial charge in [0.15, 0.2) is 0 Å². The highest BCUT2D eigenvalue weighted by atomic mass is 32.1. The molecule has 0 fully saturated rings. The second-order valence-electron chi connectivity index (χ2n) is 6.17. The summed E-state index contributed by atoms with van der Waals surface area (Å²) in [6.07, 6.45) is 1.01. The third-order valence-electron chi connectivity index (χ3n) is 3.97. The number of hydrogen-bond acceptors (Lipinski definition) is 5. The fraction of sp³-hybridized carbons (Fsp3) is 0.316. The topological polar surface area (TPSA) is 75.3 Å². The molecule has 2 heterocycles. The number of carbonyl (C=O) groups excluding carboxylic acids is 1. The maximum Gasteiger partial charge on any atom is 0.268 e. The van der Waals surface area contributed by atoms with E-state index in [1.807, 2.05) is 42.6 Å². The maximum absolute atomic E-state index is 12.3. The summed E-state index contributed by atoms with van der Waals surface area (Å²) in [5.41, 5.74) is 1.65. The normalized spacial score (nSPS) is 10.8. The molecule has 0 saturated carbocycles. The minimum atomic E-state index is -0.160. The lowest BCUT2D eigenvalue weighted by atomic mass is 10.2. The summed E-state index contributed by atoms with van der Waals surface area (Å²) in [6.45, 7) is 2.77. The Balaban J connectivity index is 1.48. The highest BCUT2D eigenvalue weighted by Gasteiger charge is 2.12. The van der Waals surface area contributed by atoms with Crippen molar-refractivity contribution >= 4 is 27.5 Å². The van der Waals surface area contributed by atoms with Crippen LogP contribution in [0, 0.1) is 6.92 Å². The summed E-state index contributed by atoms with van der Waals surface area (Å²) in [4.78, 5) is 33.0. The van der Waals surface area contributed by atoms with Gasteiger partial charge in [0, 0.05) is 13.5 Å². The molecule has 136 valence electrons. The number of rotatable bonds is 7. The molecule has 1 N–H and O–H groups in total. The quantitative estimate of drug-likeness (QED) is 0.648. The molecule has 0 spiro atoms. The smallest absolute Gasteiger partial charge is 0.268 e. The van der Waals surface area contributed by atoms with Gasteiger partial charge in [0.25, 0.3) is 5.56 Å². The number of fused-ring (bicyclic) bond motifs is 1. The van der Waals surface area contributed by atoms with Gasteiger partial charge in [0.1, 0.15) is 16.3 Å². The van der Waals surface area contributed by atoms with Crippen molar-refractivity contribution in [3.8, 4) is 5.75 Å². The van der Waals surface area contributed by atoms with E-state index < -0.39 is 0 Å². The predicted octanol–water partition coefficient (Wildman–Crippen LogP) is 3.11. The summed E-state index contributed by atoms with van der Waals surface area (Å²) in [7, 11) is 1.71. The van der Waals surface area contributed by atoms with Gasteiger partial charge in [-0.3, -0.25) is 9.59 Å². The monoisotopic (exact) mass is 371 g/mol. The van der Waals surface area contributed by atoms with Crippen LogP contribution < -0.4 is 10.3 Å². The number of nitrogens with zero attached hydrogens (tertiary/aromatic N) is 2. The Labute approximate surface area is 155 Å². The van der Waals surface area contributed by atoms with E-state index in [0.717, 1.165) is 11.3 Å². The van der Waals surface area contributed by atoms with Crippen LogP contribution >= 0.6 is 11.3 Å². The highest BCUT2D eigenvalue weighted by molar-refractivity contribution is 7.17. The van der Waals surface area contributed by atoms with E-state index in [2.05, 4.69) is 9.97 Å². The van der Waals surface area contributed by atoms with Crippen molar-refractivity contribution < 1.29 is 9.53 Å². The van der Waals surface area contributed by atoms with Crippen LogP contribution in [-0.2, 0) is 11.3 Å². The first-order valence-electron chi connectivity index (χ1n) is 8.43. The maximum atomic E-state index is 12.3. The van der Waals surface area contributed by atoms with Crippen LogP contribution in [0.25, 0.3) is 10.2 Å². The molecule has 6 nitrogen and oxygen atoms in total. The number of aromatic amines is 1. The molecule has 1 aromatic carbocycles. The van der Waals surface area contributed by atoms with Crippen LogP contribution in [0.15, 0.2) is 40.5 Å². The number of benzene rings is 1. The fourth-order valence-electron chi connectivity index (χ4n) is 2.62. The SMILES string of the molecule is Cc1cccc(OCCCC(=O)N(C)Cc2nc3ccsc3c(=O)[nH]2)c1. The first kappa shape index (κ1) is 18.1. The Morgan fingerprint density at radius 1 is 1.35 bits per heavy atom. The van der Waals surface area contributed by atoms with Crippen LogP contribution in [-0.4, -0.2) is 34.4 Å². The minimum Gasteiger partial charge on any atom is -0.494 e. The number of amides is 1. The number of thiophene rings is 1. The molecule has 1 amide bonds. The van der Waals surface area contributed by atoms with E-state index in [1.165, 1.54) is 11.3 Å². The predicted molar refractivity (Wildman–Crippen MR) is 103 cm³/mol. The molecule has 0 unspecified atom stereocenters. The van der Waals surface area contributed by atoms with Crippen molar-refractivity contribution in [3.63, 3.8) is 0 Å². The lowest BCUT2D eigenvalue weighted by Gasteiger charge is -2.16. The zero-order valence-corrected chi connectivity index (χ0v) is 15.6. The van der Waals surface area contributed by atoms with Crippen LogP contribution in [0.1, 0.15) is 24.2 Å². The van der Waals surface area contributed by atoms with E-state index in [-0.39, 0.29) is 18.0 Å². The first-order valence-corrected chi connectivity index (χ1v) is 9.31. The van der Waals surface area contributed by atoms with Crippen LogP contribution in [0.2, 0.25) is 0 Å². The van der Waals surface area contributed by atoms with E-state index in [4.69, 9.17) is 4.74 Å². The molecule has 0 aliphatic carbocycles. The molecule has 7 heteroatoms. The standard InChI is InChI=1S/C19H21N3O3S/c1-13-5-3-6-14(11-13)25-9-4-7-17(23)22(2)12-16-20-15-8-10-26-18(15)19(24)21-16/h3,5-6,8,10-11H,4,7,9,12H2,1-2H3,(H,20,21,24). The zero-order chi connectivity index (χ0) is 18.5. The van der Waals surface area contributed by atoms with Crippen molar-refractivity contribution in [2.24, 2.45) is 0 Å². The molecule has 26 heavy (non-hydrogen) atoms. The third-order valence-corrected chi connectivity index (χ3v) is 4.87. The Bertz CT molecular complexity index is 964. The number of ether oxygens (including phenoxy) is 1. The van der Waals surface area contributed by atoms with Gasteiger partial charge in [-0.2, -0.15) is 0 Å². The van der Waals surface area contributed by atoms with Gasteiger partial charge < -0.3 is 14.6 Å². The summed E-state index contributed by atoms with van der Waals surface area (Å²) in [5, 5.41) is 1.83. The third kappa shape index (κ3) is 4.49. The number of aromatic nitrogens is 2. The molecule has 0 bridgehead atoms. The van der Waals surface area contributed by atoms with Crippen LogP contribution in [0.5, 0.6) is 5.75 Å². The van der Waals surface area contributed by atoms with Gasteiger partial charge in [-0.15, -0.1) is 11.3 Å². The first-order chi connectivity index (χ1) is 12.5. The molecular weight excluding hydrogens is 350 g/mol. The molecule has 0 aliphatic heterocycles. The largest absolute Gasteiger partial charge is 0.494 e. The van der Waals surface area contributed by atoms with Crippen molar-refractivity contribution in [1.82, 2.24) is 14.9 Å². The van der Waals surface area contributed by atoms with Gasteiger partial charge in [0.05, 0.1) is 18.7 Å². The summed E-state index contributed by atoms with van der Waals surface area (Å²) in [6, 6.07) is 9.64. The van der Waals surface area contributed by atoms with Gasteiger partial charge in [-0.1, -0.05) is 12.1 Å². The van der Waals surface area contributed by atoms with Crippen molar-refractivity contribution in [2.75, 3.05) is 13.7 Å². The van der Waals surface area contributed by atoms with Crippen LogP contribution in [0.4, 0.5) is 0 Å². The van der Waals surface area contributed by atoms with Crippen molar-refractivity contribution in [3.05, 3.63) is 57.5 Å². The number of nitrogens with one attached hydrogen (secondary N) is 1. The molecular formula is C19H21N3O3S. The average Bonchev–Trinajstić information content (AvgIpc) is 3.07. The molecule has 0 aliphatic rings. The minimum absolute atomic E-state index is 0.00842. The average molecular weight is 371 g/mol. The Hall–Kier alpha value is -2.67. The van der Waals surface area contributed by atoms with Gasteiger partial charge >= 0.3 is 0 Å². The zero-order valence-electron chi connectivity index (χ0n) is 14.8. The van der Waals surface area contributed by atoms with Gasteiger partial charge in [-0.25, -0.2) is 4.98 Å². The Morgan fingerprint density at radius 3 is 3.00 bits per heavy atom. The lowest BCUT2D eigenvalue weighted by molar-refractivity contribution is -0.130. The second-order valence-corrected chi connectivity index (χ2v) is 7.08. The summed E-state index contributed by atoms with van der Waals surface area (Å²) < 4.78 is 6.27. The second kappa shape index (κ2) is 8.14. The fourth-order valence-corrected chi connectivity index (χ4v) is 3.34.